The third-order valence-electron chi connectivity index (χ3n) is 5.48. The van der Waals surface area contributed by atoms with E-state index in [1.807, 2.05) is 71.4 Å². The van der Waals surface area contributed by atoms with E-state index >= 15 is 0 Å². The lowest BCUT2D eigenvalue weighted by atomic mass is 10.1. The summed E-state index contributed by atoms with van der Waals surface area (Å²) in [5.74, 6) is 0.343. The molecule has 38 heavy (non-hydrogen) atoms. The van der Waals surface area contributed by atoms with Crippen LogP contribution in [0.3, 0.4) is 0 Å². The number of anilines is 3. The maximum absolute atomic E-state index is 12.4. The van der Waals surface area contributed by atoms with Crippen LogP contribution in [-0.4, -0.2) is 28.1 Å². The third-order valence-corrected chi connectivity index (χ3v) is 5.48. The summed E-state index contributed by atoms with van der Waals surface area (Å²) < 4.78 is 1.82. The van der Waals surface area contributed by atoms with Crippen molar-refractivity contribution in [3.63, 3.8) is 0 Å². The zero-order chi connectivity index (χ0) is 27.5. The summed E-state index contributed by atoms with van der Waals surface area (Å²) in [4.78, 5) is 12.4. The van der Waals surface area contributed by atoms with Gasteiger partial charge in [0.15, 0.2) is 5.82 Å². The van der Waals surface area contributed by atoms with E-state index in [2.05, 4.69) is 24.5 Å². The summed E-state index contributed by atoms with van der Waals surface area (Å²) in [5.41, 5.74) is 10.5. The molecule has 0 aliphatic carbocycles. The highest BCUT2D eigenvalue weighted by Crippen LogP contribution is 2.29. The van der Waals surface area contributed by atoms with E-state index < -0.39 is 0 Å². The van der Waals surface area contributed by atoms with Crippen LogP contribution in [0.25, 0.3) is 22.2 Å². The molecule has 1 amide bonds. The molecule has 3 aromatic carbocycles. The van der Waals surface area contributed by atoms with Crippen LogP contribution in [0.1, 0.15) is 32.8 Å². The molecular weight excluding hydrogens is 474 g/mol. The lowest BCUT2D eigenvalue weighted by molar-refractivity contribution is -0.112. The van der Waals surface area contributed by atoms with Gasteiger partial charge in [-0.05, 0) is 55.0 Å². The van der Waals surface area contributed by atoms with Gasteiger partial charge >= 0.3 is 0 Å². The van der Waals surface area contributed by atoms with E-state index in [1.54, 1.807) is 19.1 Å². The Labute approximate surface area is 222 Å². The predicted octanol–water partition coefficient (Wildman–Crippen LogP) is 6.67. The minimum atomic E-state index is -0.341. The largest absolute Gasteiger partial charge is 0.404 e. The van der Waals surface area contributed by atoms with Crippen molar-refractivity contribution in [2.45, 2.75) is 27.2 Å². The smallest absolute Gasteiger partial charge is 0.256 e. The van der Waals surface area contributed by atoms with Crippen molar-refractivity contribution in [1.29, 1.82) is 10.8 Å². The second-order valence-electron chi connectivity index (χ2n) is 8.35. The first-order valence-corrected chi connectivity index (χ1v) is 12.4. The third kappa shape index (κ3) is 6.41. The van der Waals surface area contributed by atoms with Gasteiger partial charge in [0.1, 0.15) is 0 Å². The van der Waals surface area contributed by atoms with Crippen molar-refractivity contribution < 1.29 is 4.79 Å². The first-order valence-electron chi connectivity index (χ1n) is 12.4. The molecule has 0 bridgehead atoms. The molecule has 0 radical (unpaired) electrons. The van der Waals surface area contributed by atoms with Crippen molar-refractivity contribution >= 4 is 52.0 Å². The molecule has 0 aliphatic rings. The molecule has 0 aliphatic heterocycles. The van der Waals surface area contributed by atoms with Crippen LogP contribution < -0.4 is 16.4 Å². The van der Waals surface area contributed by atoms with Crippen LogP contribution in [0, 0.1) is 10.8 Å². The normalized spacial score (nSPS) is 11.3. The SMILES string of the molecule is C/C=C(\C=N)C(=O)Nc1cccc(-n2nc(Nc3ccc(/C(C=N)=C/N)cc3)c3ccccc32)c1.CCC. The molecule has 8 nitrogen and oxygen atoms in total. The van der Waals surface area contributed by atoms with E-state index in [-0.39, 0.29) is 11.5 Å². The molecule has 0 fully saturated rings. The monoisotopic (exact) mass is 507 g/mol. The van der Waals surface area contributed by atoms with Crippen LogP contribution in [0.2, 0.25) is 0 Å². The van der Waals surface area contributed by atoms with Crippen molar-refractivity contribution in [3.05, 3.63) is 96.2 Å². The zero-order valence-electron chi connectivity index (χ0n) is 21.8. The number of aromatic nitrogens is 2. The highest BCUT2D eigenvalue weighted by molar-refractivity contribution is 6.17. The highest BCUT2D eigenvalue weighted by atomic mass is 16.1. The molecule has 4 aromatic rings. The van der Waals surface area contributed by atoms with Gasteiger partial charge < -0.3 is 27.2 Å². The summed E-state index contributed by atoms with van der Waals surface area (Å²) in [6, 6.07) is 22.9. The number of nitrogens with one attached hydrogen (secondary N) is 4. The Kier molecular flexibility index (Phi) is 9.71. The molecule has 0 saturated carbocycles. The van der Waals surface area contributed by atoms with Gasteiger partial charge in [0, 0.05) is 41.0 Å². The number of hydrogen-bond donors (Lipinski definition) is 5. The average molecular weight is 508 g/mol. The van der Waals surface area contributed by atoms with Crippen LogP contribution >= 0.6 is 0 Å². The fourth-order valence-electron chi connectivity index (χ4n) is 3.66. The van der Waals surface area contributed by atoms with E-state index in [1.165, 1.54) is 18.8 Å². The van der Waals surface area contributed by atoms with Gasteiger partial charge in [0.2, 0.25) is 0 Å². The van der Waals surface area contributed by atoms with Gasteiger partial charge in [0.05, 0.1) is 16.8 Å². The van der Waals surface area contributed by atoms with Crippen LogP contribution in [0.15, 0.2) is 90.6 Å². The first kappa shape index (κ1) is 27.6. The fourth-order valence-corrected chi connectivity index (χ4v) is 3.66. The van der Waals surface area contributed by atoms with Crippen LogP contribution in [0.5, 0.6) is 0 Å². The van der Waals surface area contributed by atoms with Crippen LogP contribution in [0.4, 0.5) is 17.2 Å². The molecule has 8 heteroatoms. The van der Waals surface area contributed by atoms with Crippen molar-refractivity contribution in [1.82, 2.24) is 9.78 Å². The molecular formula is C30H33N7O. The summed E-state index contributed by atoms with van der Waals surface area (Å²) in [6.07, 6.45) is 6.50. The van der Waals surface area contributed by atoms with Crippen molar-refractivity contribution in [2.24, 2.45) is 5.73 Å². The Morgan fingerprint density at radius 2 is 1.68 bits per heavy atom. The summed E-state index contributed by atoms with van der Waals surface area (Å²) in [6.45, 7) is 5.97. The number of hydrogen-bond acceptors (Lipinski definition) is 6. The summed E-state index contributed by atoms with van der Waals surface area (Å²) in [5, 5.41) is 26.8. The number of allylic oxidation sites excluding steroid dienone is 2. The topological polar surface area (TPSA) is 133 Å². The predicted molar refractivity (Wildman–Crippen MR) is 159 cm³/mol. The number of para-hydroxylation sites is 1. The number of carbonyl (C=O) groups is 1. The number of rotatable bonds is 8. The highest BCUT2D eigenvalue weighted by Gasteiger charge is 2.13. The van der Waals surface area contributed by atoms with Gasteiger partial charge in [-0.15, -0.1) is 5.10 Å². The molecule has 0 unspecified atom stereocenters. The Balaban J connectivity index is 0.00000127. The summed E-state index contributed by atoms with van der Waals surface area (Å²) >= 11 is 0. The second kappa shape index (κ2) is 13.4. The van der Waals surface area contributed by atoms with E-state index in [9.17, 15) is 4.79 Å². The quantitative estimate of drug-likeness (QED) is 0.135. The molecule has 0 spiro atoms. The Hall–Kier alpha value is -4.98. The maximum atomic E-state index is 12.4. The lowest BCUT2D eigenvalue weighted by Gasteiger charge is -2.09. The number of fused-ring (bicyclic) bond motifs is 1. The summed E-state index contributed by atoms with van der Waals surface area (Å²) in [7, 11) is 0. The fraction of sp³-hybridized carbons (Fsp3) is 0.133. The minimum Gasteiger partial charge on any atom is -0.404 e. The molecule has 6 N–H and O–H groups in total. The second-order valence-corrected chi connectivity index (χ2v) is 8.35. The molecule has 0 atom stereocenters. The van der Waals surface area contributed by atoms with Crippen molar-refractivity contribution in [2.75, 3.05) is 10.6 Å². The number of carbonyl (C=O) groups excluding carboxylic acids is 1. The number of benzene rings is 3. The van der Waals surface area contributed by atoms with Gasteiger partial charge in [-0.25, -0.2) is 4.68 Å². The van der Waals surface area contributed by atoms with E-state index in [0.717, 1.165) is 34.1 Å². The lowest BCUT2D eigenvalue weighted by Crippen LogP contribution is -2.15. The van der Waals surface area contributed by atoms with Gasteiger partial charge in [-0.2, -0.15) is 0 Å². The molecule has 0 saturated heterocycles. The first-order chi connectivity index (χ1) is 18.5. The molecule has 1 aromatic heterocycles. The maximum Gasteiger partial charge on any atom is 0.256 e. The number of amides is 1. The molecule has 194 valence electrons. The van der Waals surface area contributed by atoms with Gasteiger partial charge in [-0.3, -0.25) is 4.79 Å². The van der Waals surface area contributed by atoms with Crippen molar-refractivity contribution in [3.8, 4) is 5.69 Å². The van der Waals surface area contributed by atoms with Gasteiger partial charge in [0.25, 0.3) is 5.91 Å². The zero-order valence-corrected chi connectivity index (χ0v) is 21.8. The average Bonchev–Trinajstić information content (AvgIpc) is 3.30. The Morgan fingerprint density at radius 1 is 0.974 bits per heavy atom. The molecule has 4 rings (SSSR count). The Morgan fingerprint density at radius 3 is 2.32 bits per heavy atom. The standard InChI is InChI=1S/C27H25N7O.C3H8/c1-2-18(15-28)27(35)32-22-6-5-7-23(14-22)34-25-9-4-3-8-24(25)26(33-34)31-21-12-10-19(11-13-21)20(16-29)17-30;1-3-2/h2-17,28-29H,30H2,1H3,(H,31,33)(H,32,35);3H2,1-2H3/b18-2+,20-17+,28-15?,29-16?;. The van der Waals surface area contributed by atoms with Crippen LogP contribution in [-0.2, 0) is 4.79 Å². The number of nitrogens with zero attached hydrogens (tertiary/aromatic N) is 2. The van der Waals surface area contributed by atoms with Gasteiger partial charge in [-0.1, -0.05) is 56.7 Å². The van der Waals surface area contributed by atoms with E-state index in [0.29, 0.717) is 17.1 Å². The van der Waals surface area contributed by atoms with E-state index in [4.69, 9.17) is 21.7 Å². The minimum absolute atomic E-state index is 0.284. The number of nitrogens with two attached hydrogens (primary N) is 1. The Bertz CT molecular complexity index is 1480. The molecule has 1 heterocycles.